The summed E-state index contributed by atoms with van der Waals surface area (Å²) in [6.07, 6.45) is 0. The van der Waals surface area contributed by atoms with Crippen LogP contribution in [0.3, 0.4) is 0 Å². The number of nitrogens with two attached hydrogens (primary N) is 1. The smallest absolute Gasteiger partial charge is 0.204 e. The average molecular weight is 251 g/mol. The van der Waals surface area contributed by atoms with Crippen LogP contribution in [0.15, 0.2) is 29.1 Å². The second-order valence-corrected chi connectivity index (χ2v) is 3.78. The minimum Gasteiger partial charge on any atom is -0.325 e. The number of rotatable bonds is 2. The first-order valence-electron chi connectivity index (χ1n) is 5.29. The molecule has 1 aromatic heterocycles. The Morgan fingerprint density at radius 2 is 1.94 bits per heavy atom. The molecule has 0 unspecified atom stereocenters. The van der Waals surface area contributed by atoms with Gasteiger partial charge in [0.1, 0.15) is 11.4 Å². The van der Waals surface area contributed by atoms with Crippen molar-refractivity contribution in [2.24, 2.45) is 5.73 Å². The van der Waals surface area contributed by atoms with Gasteiger partial charge in [0.25, 0.3) is 0 Å². The Morgan fingerprint density at radius 3 is 2.50 bits per heavy atom. The lowest BCUT2D eigenvalue weighted by Crippen LogP contribution is -2.22. The zero-order valence-corrected chi connectivity index (χ0v) is 9.65. The number of hydrogen-bond acceptors (Lipinski definition) is 3. The van der Waals surface area contributed by atoms with Crippen LogP contribution in [0.2, 0.25) is 0 Å². The second kappa shape index (κ2) is 4.66. The summed E-state index contributed by atoms with van der Waals surface area (Å²) in [5.74, 6) is -1.51. The molecular weight excluding hydrogens is 240 g/mol. The SMILES string of the molecule is Cc1cc(=O)c(CN)nn1-c1c(F)cccc1F. The van der Waals surface area contributed by atoms with Crippen LogP contribution in [0.25, 0.3) is 5.69 Å². The molecule has 18 heavy (non-hydrogen) atoms. The fourth-order valence-electron chi connectivity index (χ4n) is 1.64. The quantitative estimate of drug-likeness (QED) is 0.874. The molecule has 1 heterocycles. The summed E-state index contributed by atoms with van der Waals surface area (Å²) in [6.45, 7) is 1.45. The minimum atomic E-state index is -0.753. The van der Waals surface area contributed by atoms with Gasteiger partial charge in [0.15, 0.2) is 11.6 Å². The highest BCUT2D eigenvalue weighted by atomic mass is 19.1. The van der Waals surface area contributed by atoms with Crippen LogP contribution in [0.1, 0.15) is 11.4 Å². The number of aromatic nitrogens is 2. The van der Waals surface area contributed by atoms with Crippen molar-refractivity contribution in [1.29, 1.82) is 0 Å². The fourth-order valence-corrected chi connectivity index (χ4v) is 1.64. The molecular formula is C12H11F2N3O. The van der Waals surface area contributed by atoms with Crippen LogP contribution in [0, 0.1) is 18.6 Å². The Balaban J connectivity index is 2.75. The van der Waals surface area contributed by atoms with Gasteiger partial charge in [-0.25, -0.2) is 13.5 Å². The number of para-hydroxylation sites is 1. The first-order chi connectivity index (χ1) is 8.54. The molecule has 0 aliphatic rings. The lowest BCUT2D eigenvalue weighted by Gasteiger charge is -2.12. The Hall–Kier alpha value is -2.08. The maximum absolute atomic E-state index is 13.6. The summed E-state index contributed by atoms with van der Waals surface area (Å²) in [4.78, 5) is 11.5. The lowest BCUT2D eigenvalue weighted by molar-refractivity contribution is 0.551. The van der Waals surface area contributed by atoms with Gasteiger partial charge in [-0.15, -0.1) is 0 Å². The molecule has 0 radical (unpaired) electrons. The number of halogens is 2. The molecule has 1 aromatic carbocycles. The van der Waals surface area contributed by atoms with Crippen molar-refractivity contribution in [1.82, 2.24) is 9.78 Å². The number of nitrogens with zero attached hydrogens (tertiary/aromatic N) is 2. The van der Waals surface area contributed by atoms with Gasteiger partial charge in [-0.05, 0) is 19.1 Å². The van der Waals surface area contributed by atoms with Crippen LogP contribution in [0.5, 0.6) is 0 Å². The van der Waals surface area contributed by atoms with Crippen molar-refractivity contribution < 1.29 is 8.78 Å². The minimum absolute atomic E-state index is 0.0586. The van der Waals surface area contributed by atoms with E-state index < -0.39 is 11.6 Å². The van der Waals surface area contributed by atoms with Gasteiger partial charge >= 0.3 is 0 Å². The van der Waals surface area contributed by atoms with Crippen LogP contribution in [-0.2, 0) is 6.54 Å². The normalized spacial score (nSPS) is 10.7. The van der Waals surface area contributed by atoms with E-state index in [9.17, 15) is 13.6 Å². The van der Waals surface area contributed by atoms with Crippen molar-refractivity contribution in [2.75, 3.05) is 0 Å². The van der Waals surface area contributed by atoms with E-state index in [1.807, 2.05) is 0 Å². The fraction of sp³-hybridized carbons (Fsp3) is 0.167. The van der Waals surface area contributed by atoms with Crippen LogP contribution >= 0.6 is 0 Å². The summed E-state index contributed by atoms with van der Waals surface area (Å²) in [7, 11) is 0. The highest BCUT2D eigenvalue weighted by molar-refractivity contribution is 5.36. The number of aryl methyl sites for hydroxylation is 1. The van der Waals surface area contributed by atoms with E-state index >= 15 is 0 Å². The lowest BCUT2D eigenvalue weighted by atomic mass is 10.2. The zero-order chi connectivity index (χ0) is 13.3. The van der Waals surface area contributed by atoms with Gasteiger partial charge in [0.05, 0.1) is 0 Å². The molecule has 0 fully saturated rings. The molecule has 0 saturated heterocycles. The van der Waals surface area contributed by atoms with Gasteiger partial charge in [-0.2, -0.15) is 5.10 Å². The Labute approximate surface area is 102 Å². The summed E-state index contributed by atoms with van der Waals surface area (Å²) in [6, 6.07) is 4.76. The third kappa shape index (κ3) is 2.02. The molecule has 6 heteroatoms. The summed E-state index contributed by atoms with van der Waals surface area (Å²) >= 11 is 0. The molecule has 0 amide bonds. The third-order valence-corrected chi connectivity index (χ3v) is 2.52. The molecule has 0 aliphatic carbocycles. The third-order valence-electron chi connectivity index (χ3n) is 2.52. The molecule has 2 N–H and O–H groups in total. The van der Waals surface area contributed by atoms with Crippen molar-refractivity contribution in [3.63, 3.8) is 0 Å². The van der Waals surface area contributed by atoms with E-state index in [0.29, 0.717) is 5.69 Å². The molecule has 0 spiro atoms. The van der Waals surface area contributed by atoms with Gasteiger partial charge in [-0.3, -0.25) is 4.79 Å². The highest BCUT2D eigenvalue weighted by Crippen LogP contribution is 2.17. The van der Waals surface area contributed by atoms with E-state index in [0.717, 1.165) is 16.8 Å². The maximum Gasteiger partial charge on any atom is 0.204 e. The second-order valence-electron chi connectivity index (χ2n) is 3.78. The van der Waals surface area contributed by atoms with Crippen LogP contribution in [-0.4, -0.2) is 9.78 Å². The topological polar surface area (TPSA) is 60.9 Å². The number of hydrogen-bond donors (Lipinski definition) is 1. The van der Waals surface area contributed by atoms with Gasteiger partial charge in [-0.1, -0.05) is 6.07 Å². The highest BCUT2D eigenvalue weighted by Gasteiger charge is 2.14. The van der Waals surface area contributed by atoms with Crippen LogP contribution in [0.4, 0.5) is 8.78 Å². The predicted molar refractivity (Wildman–Crippen MR) is 62.4 cm³/mol. The predicted octanol–water partition coefficient (Wildman–Crippen LogP) is 1.28. The monoisotopic (exact) mass is 251 g/mol. The first-order valence-corrected chi connectivity index (χ1v) is 5.29. The molecule has 0 saturated carbocycles. The van der Waals surface area contributed by atoms with E-state index in [2.05, 4.69) is 5.10 Å². The van der Waals surface area contributed by atoms with E-state index in [-0.39, 0.29) is 23.4 Å². The van der Waals surface area contributed by atoms with E-state index in [1.54, 1.807) is 6.92 Å². The molecule has 2 aromatic rings. The summed E-state index contributed by atoms with van der Waals surface area (Å²) in [5, 5.41) is 3.88. The van der Waals surface area contributed by atoms with Gasteiger partial charge < -0.3 is 5.73 Å². The van der Waals surface area contributed by atoms with E-state index in [4.69, 9.17) is 5.73 Å². The summed E-state index contributed by atoms with van der Waals surface area (Å²) < 4.78 is 28.3. The largest absolute Gasteiger partial charge is 0.325 e. The molecule has 94 valence electrons. The molecule has 0 aliphatic heterocycles. The number of benzene rings is 1. The van der Waals surface area contributed by atoms with Crippen molar-refractivity contribution in [3.05, 3.63) is 57.5 Å². The van der Waals surface area contributed by atoms with Crippen molar-refractivity contribution in [2.45, 2.75) is 13.5 Å². The van der Waals surface area contributed by atoms with Crippen LogP contribution < -0.4 is 11.2 Å². The standard InChI is InChI=1S/C12H11F2N3O/c1-7-5-11(18)10(6-15)16-17(7)12-8(13)3-2-4-9(12)14/h2-5H,6,15H2,1H3. The van der Waals surface area contributed by atoms with E-state index in [1.165, 1.54) is 12.1 Å². The van der Waals surface area contributed by atoms with Crippen molar-refractivity contribution in [3.8, 4) is 5.69 Å². The maximum atomic E-state index is 13.6. The Kier molecular flexibility index (Phi) is 3.20. The molecule has 0 atom stereocenters. The van der Waals surface area contributed by atoms with Crippen molar-refractivity contribution >= 4 is 0 Å². The average Bonchev–Trinajstić information content (AvgIpc) is 2.31. The Morgan fingerprint density at radius 1 is 1.33 bits per heavy atom. The summed E-state index contributed by atoms with van der Waals surface area (Å²) in [5.41, 5.74) is 5.09. The zero-order valence-electron chi connectivity index (χ0n) is 9.65. The first kappa shape index (κ1) is 12.4. The molecule has 2 rings (SSSR count). The Bertz CT molecular complexity index is 632. The molecule has 0 bridgehead atoms. The molecule has 4 nitrogen and oxygen atoms in total. The van der Waals surface area contributed by atoms with Gasteiger partial charge in [0.2, 0.25) is 5.43 Å². The van der Waals surface area contributed by atoms with Gasteiger partial charge in [0, 0.05) is 18.3 Å².